The summed E-state index contributed by atoms with van der Waals surface area (Å²) in [6, 6.07) is 2.54. The maximum Gasteiger partial charge on any atom is 1.00 e. The Bertz CT molecular complexity index is 1100. The molecule has 0 bridgehead atoms. The first-order valence-electron chi connectivity index (χ1n) is 12.0. The summed E-state index contributed by atoms with van der Waals surface area (Å²) in [5.41, 5.74) is 1.46. The average molecular weight is 541 g/mol. The van der Waals surface area contributed by atoms with Crippen LogP contribution in [-0.4, -0.2) is 41.2 Å². The van der Waals surface area contributed by atoms with Crippen LogP contribution in [-0.2, 0) is 33.1 Å². The second-order valence-electron chi connectivity index (χ2n) is 8.91. The molecule has 34 heavy (non-hydrogen) atoms. The van der Waals surface area contributed by atoms with Crippen molar-refractivity contribution in [2.75, 3.05) is 0 Å². The fourth-order valence-corrected chi connectivity index (χ4v) is 4.92. The molecule has 2 rings (SSSR count). The summed E-state index contributed by atoms with van der Waals surface area (Å²) in [6.45, 7) is 3.60. The molecule has 11 heteroatoms. The summed E-state index contributed by atoms with van der Waals surface area (Å²) >= 11 is 0. The Morgan fingerprint density at radius 2 is 1.50 bits per heavy atom. The number of imidazole rings is 1. The smallest absolute Gasteiger partial charge is 0.744 e. The predicted octanol–water partition coefficient (Wildman–Crippen LogP) is 2.14. The second kappa shape index (κ2) is 15.4. The number of hydrogen-bond donors (Lipinski definition) is 2. The van der Waals surface area contributed by atoms with E-state index in [4.69, 9.17) is 0 Å². The van der Waals surface area contributed by atoms with Crippen molar-refractivity contribution in [2.24, 2.45) is 0 Å². The van der Waals surface area contributed by atoms with E-state index in [0.29, 0.717) is 28.8 Å². The third-order valence-corrected chi connectivity index (χ3v) is 8.14. The minimum atomic E-state index is -4.68. The van der Waals surface area contributed by atoms with Crippen LogP contribution in [0.1, 0.15) is 95.9 Å². The number of fused-ring (bicyclic) bond motifs is 1. The number of hydrogen-bond acceptors (Lipinski definition) is 6. The van der Waals surface area contributed by atoms with E-state index in [2.05, 4.69) is 16.9 Å². The number of benzene rings is 1. The molecule has 0 amide bonds. The standard InChI is InChI=1S/C23H38N2O6S2.K/c1-3-4-5-6-7-8-9-10-11-12-13-22-24-21-17-20(33(29,30)31)16-19(23(21)25-22)15-14-18(2)32(26,27)28;/h16-18H,3-15H2,1-2H3,(H,24,25)(H,26,27,28)(H,29,30,31);/q;+1/p-1. The van der Waals surface area contributed by atoms with Crippen LogP contribution >= 0.6 is 0 Å². The van der Waals surface area contributed by atoms with Crippen LogP contribution in [0.2, 0.25) is 0 Å². The maximum absolute atomic E-state index is 11.6. The van der Waals surface area contributed by atoms with Crippen LogP contribution in [0.5, 0.6) is 0 Å². The predicted molar refractivity (Wildman–Crippen MR) is 129 cm³/mol. The molecule has 2 N–H and O–H groups in total. The number of rotatable bonds is 16. The number of H-pyrrole nitrogens is 1. The van der Waals surface area contributed by atoms with E-state index in [0.717, 1.165) is 12.8 Å². The Labute approximate surface area is 247 Å². The molecule has 0 radical (unpaired) electrons. The van der Waals surface area contributed by atoms with Crippen molar-refractivity contribution < 1.29 is 77.3 Å². The quantitative estimate of drug-likeness (QED) is 0.189. The fourth-order valence-electron chi connectivity index (χ4n) is 3.95. The molecule has 1 atom stereocenters. The van der Waals surface area contributed by atoms with Crippen LogP contribution < -0.4 is 51.4 Å². The van der Waals surface area contributed by atoms with E-state index < -0.39 is 25.5 Å². The Kier molecular flexibility index (Phi) is 14.6. The number of aryl methyl sites for hydroxylation is 2. The molecule has 0 aliphatic carbocycles. The third kappa shape index (κ3) is 11.0. The zero-order valence-electron chi connectivity index (χ0n) is 20.7. The van der Waals surface area contributed by atoms with Gasteiger partial charge in [-0.05, 0) is 43.9 Å². The molecule has 0 saturated carbocycles. The van der Waals surface area contributed by atoms with Crippen molar-refractivity contribution in [1.82, 2.24) is 9.97 Å². The van der Waals surface area contributed by atoms with E-state index in [1.54, 1.807) is 0 Å². The summed E-state index contributed by atoms with van der Waals surface area (Å²) in [6.07, 6.45) is 13.2. The minimum absolute atomic E-state index is 0. The Balaban J connectivity index is 0.00000578. The average Bonchev–Trinajstić information content (AvgIpc) is 3.14. The summed E-state index contributed by atoms with van der Waals surface area (Å²) in [5.74, 6) is 0.717. The van der Waals surface area contributed by atoms with Crippen LogP contribution in [0.3, 0.4) is 0 Å². The molecule has 0 aliphatic heterocycles. The summed E-state index contributed by atoms with van der Waals surface area (Å²) in [5, 5.41) is -1.01. The fraction of sp³-hybridized carbons (Fsp3) is 0.696. The van der Waals surface area contributed by atoms with Crippen molar-refractivity contribution in [3.8, 4) is 0 Å². The summed E-state index contributed by atoms with van der Waals surface area (Å²) in [4.78, 5) is 7.33. The largest absolute Gasteiger partial charge is 1.00 e. The third-order valence-electron chi connectivity index (χ3n) is 6.07. The first kappa shape index (κ1) is 32.2. The molecule has 1 heterocycles. The van der Waals surface area contributed by atoms with Crippen LogP contribution in [0.4, 0.5) is 0 Å². The number of nitrogens with one attached hydrogen (secondary N) is 1. The molecule has 1 aromatic carbocycles. The Hall–Kier alpha value is 0.146. The Morgan fingerprint density at radius 1 is 0.941 bits per heavy atom. The van der Waals surface area contributed by atoms with E-state index in [-0.39, 0.29) is 69.1 Å². The molecule has 0 aliphatic rings. The Morgan fingerprint density at radius 3 is 2.03 bits per heavy atom. The minimum Gasteiger partial charge on any atom is -0.744 e. The molecule has 0 fully saturated rings. The monoisotopic (exact) mass is 540 g/mol. The SMILES string of the molecule is CCCCCCCCCCCCc1nc2c(CCC(C)S(=O)(=O)O)cc(S(=O)(=O)[O-])cc2[nH]1.[K+]. The van der Waals surface area contributed by atoms with Gasteiger partial charge in [-0.1, -0.05) is 64.7 Å². The molecule has 188 valence electrons. The van der Waals surface area contributed by atoms with Crippen LogP contribution in [0.15, 0.2) is 17.0 Å². The number of unbranched alkanes of at least 4 members (excludes halogenated alkanes) is 9. The molecular weight excluding hydrogens is 503 g/mol. The molecular formula is C23H37KN2O6S2. The number of nitrogens with zero attached hydrogens (tertiary/aromatic N) is 1. The zero-order chi connectivity index (χ0) is 24.5. The van der Waals surface area contributed by atoms with Gasteiger partial charge in [0.25, 0.3) is 10.1 Å². The van der Waals surface area contributed by atoms with E-state index in [9.17, 15) is 25.9 Å². The van der Waals surface area contributed by atoms with Gasteiger partial charge in [0.2, 0.25) is 0 Å². The van der Waals surface area contributed by atoms with Gasteiger partial charge >= 0.3 is 51.4 Å². The first-order chi connectivity index (χ1) is 15.5. The van der Waals surface area contributed by atoms with E-state index in [1.165, 1.54) is 70.4 Å². The van der Waals surface area contributed by atoms with Crippen LogP contribution in [0, 0.1) is 0 Å². The summed E-state index contributed by atoms with van der Waals surface area (Å²) < 4.78 is 66.5. The van der Waals surface area contributed by atoms with Crippen molar-refractivity contribution >= 4 is 31.3 Å². The topological polar surface area (TPSA) is 140 Å². The van der Waals surface area contributed by atoms with E-state index in [1.807, 2.05) is 0 Å². The van der Waals surface area contributed by atoms with Gasteiger partial charge in [0.15, 0.2) is 0 Å². The molecule has 2 aromatic rings. The van der Waals surface area contributed by atoms with Gasteiger partial charge in [0.1, 0.15) is 15.9 Å². The number of aromatic nitrogens is 2. The summed E-state index contributed by atoms with van der Waals surface area (Å²) in [7, 11) is -8.87. The van der Waals surface area contributed by atoms with Gasteiger partial charge in [0.05, 0.1) is 21.2 Å². The van der Waals surface area contributed by atoms with Gasteiger partial charge in [-0.2, -0.15) is 8.42 Å². The van der Waals surface area contributed by atoms with Crippen molar-refractivity contribution in [1.29, 1.82) is 0 Å². The van der Waals surface area contributed by atoms with Crippen molar-refractivity contribution in [2.45, 2.75) is 107 Å². The normalized spacial score (nSPS) is 13.2. The van der Waals surface area contributed by atoms with E-state index >= 15 is 0 Å². The van der Waals surface area contributed by atoms with Crippen molar-refractivity contribution in [3.63, 3.8) is 0 Å². The molecule has 8 nitrogen and oxygen atoms in total. The van der Waals surface area contributed by atoms with Gasteiger partial charge < -0.3 is 9.54 Å². The maximum atomic E-state index is 11.6. The van der Waals surface area contributed by atoms with Crippen LogP contribution in [0.25, 0.3) is 11.0 Å². The van der Waals surface area contributed by atoms with Crippen molar-refractivity contribution in [3.05, 3.63) is 23.5 Å². The molecule has 1 unspecified atom stereocenters. The van der Waals surface area contributed by atoms with Gasteiger partial charge in [-0.3, -0.25) is 4.55 Å². The molecule has 1 aromatic heterocycles. The zero-order valence-corrected chi connectivity index (χ0v) is 25.4. The van der Waals surface area contributed by atoms with Gasteiger partial charge in [-0.15, -0.1) is 0 Å². The molecule has 0 saturated heterocycles. The molecule has 0 spiro atoms. The number of aromatic amines is 1. The van der Waals surface area contributed by atoms with Gasteiger partial charge in [-0.25, -0.2) is 13.4 Å². The van der Waals surface area contributed by atoms with Gasteiger partial charge in [0, 0.05) is 6.42 Å². The second-order valence-corrected chi connectivity index (χ2v) is 12.1. The first-order valence-corrected chi connectivity index (χ1v) is 14.9.